The van der Waals surface area contributed by atoms with Crippen LogP contribution in [0.15, 0.2) is 41.3 Å². The first kappa shape index (κ1) is 26.3. The van der Waals surface area contributed by atoms with Crippen molar-refractivity contribution in [2.24, 2.45) is 5.41 Å². The molecule has 1 aromatic heterocycles. The molecule has 1 aliphatic heterocycles. The van der Waals surface area contributed by atoms with Crippen LogP contribution in [0, 0.1) is 14.8 Å². The second kappa shape index (κ2) is 9.93. The van der Waals surface area contributed by atoms with Gasteiger partial charge in [0, 0.05) is 36.7 Å². The van der Waals surface area contributed by atoms with E-state index in [1.165, 1.54) is 6.20 Å². The third-order valence-electron chi connectivity index (χ3n) is 6.70. The Morgan fingerprint density at radius 3 is 2.50 bits per heavy atom. The van der Waals surface area contributed by atoms with E-state index in [1.54, 1.807) is 39.8 Å². The van der Waals surface area contributed by atoms with Gasteiger partial charge in [-0.1, -0.05) is 26.8 Å². The number of amides is 1. The first-order chi connectivity index (χ1) is 16.9. The van der Waals surface area contributed by atoms with Crippen LogP contribution in [-0.4, -0.2) is 39.8 Å². The topological polar surface area (TPSA) is 99.8 Å². The molecule has 1 amide bonds. The fraction of sp³-hybridized carbons (Fsp3) is 0.370. The number of hydrogen-bond acceptors (Lipinski definition) is 4. The number of pyridine rings is 1. The van der Waals surface area contributed by atoms with Crippen molar-refractivity contribution in [3.63, 3.8) is 0 Å². The molecule has 9 heteroatoms. The van der Waals surface area contributed by atoms with Crippen molar-refractivity contribution in [1.29, 1.82) is 0 Å². The summed E-state index contributed by atoms with van der Waals surface area (Å²) in [5, 5.41) is 20.0. The number of aromatic carboxylic acids is 1. The molecule has 2 aromatic carbocycles. The first-order valence-corrected chi connectivity index (χ1v) is 12.8. The smallest absolute Gasteiger partial charge is 0.341 e. The molecule has 1 atom stereocenters. The van der Waals surface area contributed by atoms with Gasteiger partial charge in [-0.25, -0.2) is 9.18 Å². The Labute approximate surface area is 221 Å². The van der Waals surface area contributed by atoms with E-state index < -0.39 is 34.2 Å². The third-order valence-corrected chi connectivity index (χ3v) is 7.49. The lowest BCUT2D eigenvalue weighted by atomic mass is 9.86. The maximum absolute atomic E-state index is 15.1. The number of halogens is 2. The average molecular weight is 606 g/mol. The minimum atomic E-state index is -1.35. The van der Waals surface area contributed by atoms with E-state index in [0.29, 0.717) is 38.9 Å². The van der Waals surface area contributed by atoms with Gasteiger partial charge < -0.3 is 19.7 Å². The Kier molecular flexibility index (Phi) is 7.25. The second-order valence-electron chi connectivity index (χ2n) is 10.2. The summed E-state index contributed by atoms with van der Waals surface area (Å²) in [7, 11) is 0. The number of carbonyl (C=O) groups excluding carboxylic acids is 1. The van der Waals surface area contributed by atoms with Crippen LogP contribution in [0.3, 0.4) is 0 Å². The molecule has 0 radical (unpaired) electrons. The molecule has 190 valence electrons. The largest absolute Gasteiger partial charge is 0.477 e. The highest BCUT2D eigenvalue weighted by atomic mass is 127. The molecule has 2 N–H and O–H groups in total. The Bertz CT molecular complexity index is 1430. The summed E-state index contributed by atoms with van der Waals surface area (Å²) < 4.78 is 17.1. The van der Waals surface area contributed by atoms with E-state index >= 15 is 4.39 Å². The highest BCUT2D eigenvalue weighted by molar-refractivity contribution is 14.1. The molecule has 0 spiro atoms. The Morgan fingerprint density at radius 2 is 1.92 bits per heavy atom. The first-order valence-electron chi connectivity index (χ1n) is 11.7. The fourth-order valence-corrected chi connectivity index (χ4v) is 5.42. The summed E-state index contributed by atoms with van der Waals surface area (Å²) in [4.78, 5) is 38.8. The van der Waals surface area contributed by atoms with Gasteiger partial charge in [-0.3, -0.25) is 9.59 Å². The maximum atomic E-state index is 15.1. The lowest BCUT2D eigenvalue weighted by Gasteiger charge is -2.32. The normalized spacial score (nSPS) is 15.1. The van der Waals surface area contributed by atoms with Crippen molar-refractivity contribution in [2.45, 2.75) is 46.1 Å². The number of rotatable bonds is 6. The van der Waals surface area contributed by atoms with Crippen LogP contribution in [0.25, 0.3) is 10.9 Å². The van der Waals surface area contributed by atoms with Crippen LogP contribution < -0.4 is 10.3 Å². The van der Waals surface area contributed by atoms with Crippen molar-refractivity contribution in [3.05, 3.63) is 72.8 Å². The number of benzene rings is 2. The quantitative estimate of drug-likeness (QED) is 0.395. The Hall–Kier alpha value is -2.79. The lowest BCUT2D eigenvalue weighted by molar-refractivity contribution is -0.117. The van der Waals surface area contributed by atoms with E-state index in [0.717, 1.165) is 6.42 Å². The average Bonchev–Trinajstić information content (AvgIpc) is 3.23. The zero-order valence-corrected chi connectivity index (χ0v) is 22.5. The van der Waals surface area contributed by atoms with Gasteiger partial charge in [0.1, 0.15) is 11.4 Å². The van der Waals surface area contributed by atoms with E-state index in [2.05, 4.69) is 0 Å². The van der Waals surface area contributed by atoms with Gasteiger partial charge in [-0.05, 0) is 69.8 Å². The minimum Gasteiger partial charge on any atom is -0.477 e. The fourth-order valence-electron chi connectivity index (χ4n) is 4.76. The molecule has 0 unspecified atom stereocenters. The Balaban J connectivity index is 1.84. The molecule has 1 fully saturated rings. The van der Waals surface area contributed by atoms with Crippen LogP contribution in [0.1, 0.15) is 61.1 Å². The highest BCUT2D eigenvalue weighted by Crippen LogP contribution is 2.33. The van der Waals surface area contributed by atoms with Gasteiger partial charge in [0.05, 0.1) is 21.7 Å². The number of aromatic nitrogens is 1. The number of anilines is 1. The molecule has 3 aromatic rings. The Morgan fingerprint density at radius 1 is 1.19 bits per heavy atom. The number of aliphatic hydroxyl groups is 1. The van der Waals surface area contributed by atoms with Crippen LogP contribution in [0.4, 0.5) is 10.1 Å². The minimum absolute atomic E-state index is 0.00750. The molecule has 0 saturated carbocycles. The molecule has 1 aliphatic rings. The molecule has 0 aliphatic carbocycles. The van der Waals surface area contributed by atoms with Gasteiger partial charge in [0.2, 0.25) is 11.3 Å². The summed E-state index contributed by atoms with van der Waals surface area (Å²) in [6.45, 7) is 6.13. The second-order valence-corrected chi connectivity index (χ2v) is 11.4. The molecule has 7 nitrogen and oxygen atoms in total. The van der Waals surface area contributed by atoms with E-state index in [4.69, 9.17) is 0 Å². The molecular formula is C27H28FIN2O5. The number of fused-ring (bicyclic) bond motifs is 1. The number of carbonyl (C=O) groups is 2. The molecule has 36 heavy (non-hydrogen) atoms. The summed E-state index contributed by atoms with van der Waals surface area (Å²) >= 11 is 1.91. The zero-order valence-electron chi connectivity index (χ0n) is 20.3. The van der Waals surface area contributed by atoms with Crippen LogP contribution in [0.2, 0.25) is 0 Å². The van der Waals surface area contributed by atoms with Crippen molar-refractivity contribution < 1.29 is 24.2 Å². The summed E-state index contributed by atoms with van der Waals surface area (Å²) in [6.07, 6.45) is 2.67. The van der Waals surface area contributed by atoms with Crippen molar-refractivity contribution in [3.8, 4) is 0 Å². The van der Waals surface area contributed by atoms with Gasteiger partial charge in [0.15, 0.2) is 0 Å². The van der Waals surface area contributed by atoms with Crippen molar-refractivity contribution >= 4 is 51.1 Å². The number of hydrogen-bond donors (Lipinski definition) is 2. The van der Waals surface area contributed by atoms with Crippen LogP contribution in [0.5, 0.6) is 0 Å². The highest BCUT2D eigenvalue weighted by Gasteiger charge is 2.28. The van der Waals surface area contributed by atoms with Crippen LogP contribution >= 0.6 is 22.6 Å². The van der Waals surface area contributed by atoms with Crippen molar-refractivity contribution in [2.75, 3.05) is 18.1 Å². The summed E-state index contributed by atoms with van der Waals surface area (Å²) in [5.74, 6) is -1.74. The summed E-state index contributed by atoms with van der Waals surface area (Å²) in [6, 6.07) is 7.93. The lowest BCUT2D eigenvalue weighted by Crippen LogP contribution is -2.30. The van der Waals surface area contributed by atoms with Gasteiger partial charge in [0.25, 0.3) is 0 Å². The zero-order chi connectivity index (χ0) is 26.4. The maximum Gasteiger partial charge on any atom is 0.341 e. The monoisotopic (exact) mass is 606 g/mol. The predicted molar refractivity (Wildman–Crippen MR) is 144 cm³/mol. The SMILES string of the molecule is CC(C)(C)[C@@H](CO)n1cc(C(=O)O)c(=O)c2cc(Cc3cc(N4CCCC4=O)cc(I)c3F)ccc21. The van der Waals surface area contributed by atoms with E-state index in [1.807, 2.05) is 43.4 Å². The predicted octanol–water partition coefficient (Wildman–Crippen LogP) is 4.74. The number of carboxylic acid groups (broad SMARTS) is 1. The van der Waals surface area contributed by atoms with Gasteiger partial charge >= 0.3 is 5.97 Å². The molecule has 1 saturated heterocycles. The number of carboxylic acids is 1. The number of aliphatic hydroxyl groups excluding tert-OH is 1. The molecule has 4 rings (SSSR count). The molecule has 0 bridgehead atoms. The molecular weight excluding hydrogens is 578 g/mol. The van der Waals surface area contributed by atoms with Gasteiger partial charge in [-0.2, -0.15) is 0 Å². The van der Waals surface area contributed by atoms with Crippen molar-refractivity contribution in [1.82, 2.24) is 4.57 Å². The summed E-state index contributed by atoms with van der Waals surface area (Å²) in [5.41, 5.74) is 0.710. The number of nitrogens with zero attached hydrogens (tertiary/aromatic N) is 2. The standard InChI is InChI=1S/C27H28FIN2O5/c1-27(2,3)22(14-32)31-13-19(26(35)36)25(34)18-10-15(6-7-21(18)31)9-16-11-17(12-20(29)24(16)28)30-8-4-5-23(30)33/h6-7,10-13,22,32H,4-5,8-9,14H2,1-3H3,(H,35,36)/t22-/m1/s1. The third kappa shape index (κ3) is 4.90. The van der Waals surface area contributed by atoms with E-state index in [9.17, 15) is 24.6 Å². The van der Waals surface area contributed by atoms with Gasteiger partial charge in [-0.15, -0.1) is 0 Å². The van der Waals surface area contributed by atoms with Crippen LogP contribution in [-0.2, 0) is 11.2 Å². The molecule has 2 heterocycles. The van der Waals surface area contributed by atoms with E-state index in [-0.39, 0.29) is 24.3 Å².